The Morgan fingerprint density at radius 3 is 2.81 bits per heavy atom. The Morgan fingerprint density at radius 2 is 2.19 bits per heavy atom. The van der Waals surface area contributed by atoms with E-state index in [4.69, 9.17) is 0 Å². The van der Waals surface area contributed by atoms with Crippen LogP contribution in [0.3, 0.4) is 0 Å². The van der Waals surface area contributed by atoms with Crippen LogP contribution in [-0.2, 0) is 9.59 Å². The Kier molecular flexibility index (Phi) is 2.88. The second-order valence-electron chi connectivity index (χ2n) is 4.90. The summed E-state index contributed by atoms with van der Waals surface area (Å²) < 4.78 is 0. The van der Waals surface area contributed by atoms with Gasteiger partial charge in [0.1, 0.15) is 0 Å². The van der Waals surface area contributed by atoms with Crippen molar-refractivity contribution in [3.63, 3.8) is 0 Å². The number of likely N-dealkylation sites (tertiary alicyclic amines) is 1. The highest BCUT2D eigenvalue weighted by molar-refractivity contribution is 5.76. The van der Waals surface area contributed by atoms with Crippen molar-refractivity contribution in [3.8, 4) is 0 Å². The molecule has 16 heavy (non-hydrogen) atoms. The van der Waals surface area contributed by atoms with Crippen molar-refractivity contribution in [2.75, 3.05) is 26.2 Å². The monoisotopic (exact) mass is 225 g/mol. The number of carbonyl (C=O) groups is 2. The maximum atomic E-state index is 11.4. The Morgan fingerprint density at radius 1 is 1.44 bits per heavy atom. The molecule has 2 heterocycles. The molecule has 2 rings (SSSR count). The van der Waals surface area contributed by atoms with E-state index in [9.17, 15) is 9.59 Å². The summed E-state index contributed by atoms with van der Waals surface area (Å²) in [6.07, 6.45) is 1.02. The zero-order valence-electron chi connectivity index (χ0n) is 9.88. The molecule has 2 N–H and O–H groups in total. The maximum absolute atomic E-state index is 11.4. The van der Waals surface area contributed by atoms with Crippen LogP contribution in [0, 0.1) is 5.92 Å². The van der Waals surface area contributed by atoms with E-state index in [1.807, 2.05) is 4.90 Å². The Balaban J connectivity index is 2.17. The van der Waals surface area contributed by atoms with Gasteiger partial charge in [-0.2, -0.15) is 0 Å². The largest absolute Gasteiger partial charge is 0.347 e. The smallest absolute Gasteiger partial charge is 0.219 e. The molecule has 5 heteroatoms. The number of hydrogen-bond donors (Lipinski definition) is 2. The zero-order chi connectivity index (χ0) is 11.8. The van der Waals surface area contributed by atoms with E-state index in [1.54, 1.807) is 6.92 Å². The number of nitrogens with zero attached hydrogens (tertiary/aromatic N) is 1. The molecule has 2 saturated heterocycles. The van der Waals surface area contributed by atoms with Crippen molar-refractivity contribution in [1.82, 2.24) is 15.5 Å². The summed E-state index contributed by atoms with van der Waals surface area (Å²) in [7, 11) is 0. The predicted molar refractivity (Wildman–Crippen MR) is 59.8 cm³/mol. The predicted octanol–water partition coefficient (Wildman–Crippen LogP) is -0.667. The Labute approximate surface area is 95.6 Å². The number of carbonyl (C=O) groups excluding carboxylic acids is 2. The van der Waals surface area contributed by atoms with Gasteiger partial charge >= 0.3 is 0 Å². The minimum absolute atomic E-state index is 0.0147. The van der Waals surface area contributed by atoms with Gasteiger partial charge in [0.25, 0.3) is 0 Å². The molecule has 2 aliphatic rings. The molecule has 0 aromatic carbocycles. The molecule has 0 spiro atoms. The third kappa shape index (κ3) is 1.91. The van der Waals surface area contributed by atoms with Gasteiger partial charge in [-0.05, 0) is 13.0 Å². The Bertz CT molecular complexity index is 318. The molecule has 0 saturated carbocycles. The summed E-state index contributed by atoms with van der Waals surface area (Å²) in [5, 5.41) is 6.36. The van der Waals surface area contributed by atoms with Gasteiger partial charge in [-0.1, -0.05) is 0 Å². The molecule has 2 aliphatic heterocycles. The van der Waals surface area contributed by atoms with Crippen molar-refractivity contribution in [1.29, 1.82) is 0 Å². The van der Waals surface area contributed by atoms with Crippen LogP contribution in [0.5, 0.6) is 0 Å². The van der Waals surface area contributed by atoms with Gasteiger partial charge in [0.2, 0.25) is 11.8 Å². The third-order valence-electron chi connectivity index (χ3n) is 3.68. The van der Waals surface area contributed by atoms with Crippen molar-refractivity contribution in [3.05, 3.63) is 0 Å². The molecular formula is C11H19N3O2. The van der Waals surface area contributed by atoms with Gasteiger partial charge < -0.3 is 15.5 Å². The first-order valence-corrected chi connectivity index (χ1v) is 5.78. The molecule has 2 fully saturated rings. The molecule has 0 radical (unpaired) electrons. The van der Waals surface area contributed by atoms with Gasteiger partial charge in [-0.3, -0.25) is 9.59 Å². The minimum atomic E-state index is -0.240. The van der Waals surface area contributed by atoms with Crippen molar-refractivity contribution >= 4 is 11.8 Å². The van der Waals surface area contributed by atoms with E-state index in [1.165, 1.54) is 6.92 Å². The van der Waals surface area contributed by atoms with E-state index in [0.29, 0.717) is 12.5 Å². The van der Waals surface area contributed by atoms with E-state index >= 15 is 0 Å². The number of nitrogens with one attached hydrogen (secondary N) is 2. The number of rotatable bonds is 1. The second-order valence-corrected chi connectivity index (χ2v) is 4.90. The summed E-state index contributed by atoms with van der Waals surface area (Å²) in [5.74, 6) is 0.472. The molecule has 0 aliphatic carbocycles. The van der Waals surface area contributed by atoms with Crippen LogP contribution in [0.1, 0.15) is 20.3 Å². The van der Waals surface area contributed by atoms with Crippen LogP contribution >= 0.6 is 0 Å². The lowest BCUT2D eigenvalue weighted by molar-refractivity contribution is -0.128. The maximum Gasteiger partial charge on any atom is 0.219 e. The van der Waals surface area contributed by atoms with Crippen LogP contribution in [0.25, 0.3) is 0 Å². The van der Waals surface area contributed by atoms with Gasteiger partial charge in [-0.15, -0.1) is 0 Å². The fraction of sp³-hybridized carbons (Fsp3) is 0.818. The molecule has 0 aromatic heterocycles. The summed E-state index contributed by atoms with van der Waals surface area (Å²) in [6, 6.07) is 0. The summed E-state index contributed by atoms with van der Waals surface area (Å²) >= 11 is 0. The molecule has 2 amide bonds. The van der Waals surface area contributed by atoms with Crippen LogP contribution in [0.15, 0.2) is 0 Å². The summed E-state index contributed by atoms with van der Waals surface area (Å²) in [5.41, 5.74) is -0.240. The lowest BCUT2D eigenvalue weighted by Gasteiger charge is -2.39. The molecule has 0 unspecified atom stereocenters. The fourth-order valence-electron chi connectivity index (χ4n) is 2.91. The van der Waals surface area contributed by atoms with Crippen LogP contribution in [-0.4, -0.2) is 48.4 Å². The standard InChI is InChI=1S/C11H19N3O2/c1-8(15)13-11-6-12-4-3-10(11)5-14(7-11)9(2)16/h10,12H,3-7H2,1-2H3,(H,13,15)/t10-,11-/m1/s1. The van der Waals surface area contributed by atoms with Crippen molar-refractivity contribution in [2.24, 2.45) is 5.92 Å². The molecule has 0 bridgehead atoms. The summed E-state index contributed by atoms with van der Waals surface area (Å²) in [6.45, 7) is 6.28. The minimum Gasteiger partial charge on any atom is -0.347 e. The molecule has 2 atom stereocenters. The number of hydrogen-bond acceptors (Lipinski definition) is 3. The lowest BCUT2D eigenvalue weighted by atomic mass is 9.82. The number of amides is 2. The van der Waals surface area contributed by atoms with Crippen molar-refractivity contribution < 1.29 is 9.59 Å². The van der Waals surface area contributed by atoms with Gasteiger partial charge in [0, 0.05) is 39.4 Å². The van der Waals surface area contributed by atoms with E-state index in [0.717, 1.165) is 26.1 Å². The quantitative estimate of drug-likeness (QED) is 0.622. The first-order valence-electron chi connectivity index (χ1n) is 5.78. The summed E-state index contributed by atoms with van der Waals surface area (Å²) in [4.78, 5) is 24.5. The highest BCUT2D eigenvalue weighted by Gasteiger charge is 2.49. The first-order chi connectivity index (χ1) is 7.53. The highest BCUT2D eigenvalue weighted by atomic mass is 16.2. The second kappa shape index (κ2) is 4.05. The molecule has 90 valence electrons. The number of fused-ring (bicyclic) bond motifs is 1. The van der Waals surface area contributed by atoms with Crippen LogP contribution in [0.4, 0.5) is 0 Å². The number of piperidine rings is 1. The lowest BCUT2D eigenvalue weighted by Crippen LogP contribution is -2.62. The average molecular weight is 225 g/mol. The topological polar surface area (TPSA) is 61.4 Å². The third-order valence-corrected chi connectivity index (χ3v) is 3.68. The van der Waals surface area contributed by atoms with Gasteiger partial charge in [0.05, 0.1) is 5.54 Å². The molecule has 0 aromatic rings. The zero-order valence-corrected chi connectivity index (χ0v) is 9.88. The van der Waals surface area contributed by atoms with E-state index < -0.39 is 0 Å². The average Bonchev–Trinajstić information content (AvgIpc) is 2.55. The SMILES string of the molecule is CC(=O)N[C@@]12CNCC[C@@H]1CN(C(C)=O)C2. The molecular weight excluding hydrogens is 206 g/mol. The van der Waals surface area contributed by atoms with E-state index in [2.05, 4.69) is 10.6 Å². The molecule has 5 nitrogen and oxygen atoms in total. The first kappa shape index (κ1) is 11.4. The normalized spacial score (nSPS) is 33.4. The van der Waals surface area contributed by atoms with Crippen molar-refractivity contribution in [2.45, 2.75) is 25.8 Å². The fourth-order valence-corrected chi connectivity index (χ4v) is 2.91. The Hall–Kier alpha value is -1.10. The van der Waals surface area contributed by atoms with Crippen LogP contribution < -0.4 is 10.6 Å². The van der Waals surface area contributed by atoms with Gasteiger partial charge in [0.15, 0.2) is 0 Å². The highest BCUT2D eigenvalue weighted by Crippen LogP contribution is 2.32. The van der Waals surface area contributed by atoms with Gasteiger partial charge in [-0.25, -0.2) is 0 Å². The van der Waals surface area contributed by atoms with Crippen LogP contribution in [0.2, 0.25) is 0 Å². The van der Waals surface area contributed by atoms with E-state index in [-0.39, 0.29) is 17.4 Å².